The number of rotatable bonds is 1. The van der Waals surface area contributed by atoms with Crippen molar-refractivity contribution in [1.82, 2.24) is 15.0 Å². The van der Waals surface area contributed by atoms with Gasteiger partial charge in [-0.25, -0.2) is 9.97 Å². The summed E-state index contributed by atoms with van der Waals surface area (Å²) in [5.74, 6) is 2.36. The van der Waals surface area contributed by atoms with E-state index in [0.717, 1.165) is 28.2 Å². The van der Waals surface area contributed by atoms with Gasteiger partial charge in [0.2, 0.25) is 0 Å². The Labute approximate surface area is 188 Å². The van der Waals surface area contributed by atoms with Crippen LogP contribution < -0.4 is 10.2 Å². The summed E-state index contributed by atoms with van der Waals surface area (Å²) in [5.41, 5.74) is 1.92. The van der Waals surface area contributed by atoms with Crippen LogP contribution in [0.5, 0.6) is 0 Å². The second-order valence-corrected chi connectivity index (χ2v) is 9.35. The van der Waals surface area contributed by atoms with Gasteiger partial charge < -0.3 is 19.9 Å². The molecular weight excluding hydrogens is 402 g/mol. The van der Waals surface area contributed by atoms with E-state index in [4.69, 9.17) is 9.72 Å². The molecule has 0 radical (unpaired) electrons. The molecule has 2 fully saturated rings. The van der Waals surface area contributed by atoms with E-state index in [2.05, 4.69) is 22.2 Å². The normalized spacial score (nSPS) is 23.1. The number of hydrogen-bond donors (Lipinski definition) is 2. The Balaban J connectivity index is 0.000000265. The molecule has 1 saturated carbocycles. The van der Waals surface area contributed by atoms with Crippen LogP contribution >= 0.6 is 0 Å². The maximum absolute atomic E-state index is 12.5. The number of carbonyl (C=O) groups is 1. The average molecular weight is 434 g/mol. The van der Waals surface area contributed by atoms with E-state index in [1.54, 1.807) is 6.20 Å². The summed E-state index contributed by atoms with van der Waals surface area (Å²) >= 11 is 0. The molecule has 1 amide bonds. The Bertz CT molecular complexity index is 1120. The van der Waals surface area contributed by atoms with Crippen LogP contribution in [0.2, 0.25) is 0 Å². The smallest absolute Gasteiger partial charge is 0.252 e. The maximum atomic E-state index is 12.5. The van der Waals surface area contributed by atoms with Crippen LogP contribution in [0.1, 0.15) is 46.0 Å². The van der Waals surface area contributed by atoms with Crippen molar-refractivity contribution in [2.75, 3.05) is 30.0 Å². The zero-order valence-electron chi connectivity index (χ0n) is 18.9. The number of anilines is 2. The van der Waals surface area contributed by atoms with Gasteiger partial charge in [0.15, 0.2) is 11.6 Å². The van der Waals surface area contributed by atoms with Crippen molar-refractivity contribution in [1.29, 1.82) is 0 Å². The van der Waals surface area contributed by atoms with E-state index in [0.29, 0.717) is 31.3 Å². The Morgan fingerprint density at radius 1 is 1.19 bits per heavy atom. The summed E-state index contributed by atoms with van der Waals surface area (Å²) < 4.78 is 5.54. The SMILES string of the molecule is CC1CCCCC1.C[C@@]12COCCN1c1nc(-c3cccc4[nH]ccc34)ncc1NC2=O. The third-order valence-corrected chi connectivity index (χ3v) is 6.93. The lowest BCUT2D eigenvalue weighted by molar-refractivity contribution is -0.124. The molecule has 1 aliphatic carbocycles. The van der Waals surface area contributed by atoms with Gasteiger partial charge in [0, 0.05) is 29.2 Å². The molecule has 3 aromatic rings. The number of ether oxygens (including phenoxy) is 1. The Kier molecular flexibility index (Phi) is 5.59. The van der Waals surface area contributed by atoms with Crippen LogP contribution in [0.15, 0.2) is 36.7 Å². The molecule has 0 bridgehead atoms. The molecule has 32 heavy (non-hydrogen) atoms. The van der Waals surface area contributed by atoms with E-state index >= 15 is 0 Å². The number of aromatic nitrogens is 3. The number of fused-ring (bicyclic) bond motifs is 4. The number of benzene rings is 1. The molecular formula is C25H31N5O2. The van der Waals surface area contributed by atoms with Crippen LogP contribution in [-0.4, -0.2) is 46.2 Å². The number of H-pyrrole nitrogens is 1. The highest BCUT2D eigenvalue weighted by Crippen LogP contribution is 2.38. The highest BCUT2D eigenvalue weighted by Gasteiger charge is 2.47. The zero-order chi connectivity index (χ0) is 22.1. The predicted octanol–water partition coefficient (Wildman–Crippen LogP) is 4.76. The van der Waals surface area contributed by atoms with E-state index < -0.39 is 5.54 Å². The molecule has 2 aromatic heterocycles. The summed E-state index contributed by atoms with van der Waals surface area (Å²) in [5, 5.41) is 3.99. The van der Waals surface area contributed by atoms with E-state index in [1.165, 1.54) is 32.1 Å². The number of carbonyl (C=O) groups excluding carboxylic acids is 1. The molecule has 4 heterocycles. The minimum atomic E-state index is -0.739. The fraction of sp³-hybridized carbons (Fsp3) is 0.480. The molecule has 1 saturated heterocycles. The molecule has 2 N–H and O–H groups in total. The summed E-state index contributed by atoms with van der Waals surface area (Å²) in [6.45, 7) is 5.81. The molecule has 2 aliphatic heterocycles. The maximum Gasteiger partial charge on any atom is 0.252 e. The van der Waals surface area contributed by atoms with Crippen molar-refractivity contribution in [3.63, 3.8) is 0 Å². The first-order chi connectivity index (χ1) is 15.6. The van der Waals surface area contributed by atoms with Gasteiger partial charge in [-0.15, -0.1) is 0 Å². The molecule has 1 aromatic carbocycles. The Morgan fingerprint density at radius 3 is 2.81 bits per heavy atom. The van der Waals surface area contributed by atoms with E-state index in [1.807, 2.05) is 42.3 Å². The Hall–Kier alpha value is -2.93. The first kappa shape index (κ1) is 20.9. The van der Waals surface area contributed by atoms with Gasteiger partial charge in [0.1, 0.15) is 11.2 Å². The van der Waals surface area contributed by atoms with Gasteiger partial charge >= 0.3 is 0 Å². The summed E-state index contributed by atoms with van der Waals surface area (Å²) in [6, 6.07) is 8.04. The molecule has 0 spiro atoms. The van der Waals surface area contributed by atoms with Crippen molar-refractivity contribution in [2.45, 2.75) is 51.5 Å². The molecule has 7 heteroatoms. The largest absolute Gasteiger partial charge is 0.377 e. The molecule has 0 unspecified atom stereocenters. The predicted molar refractivity (Wildman–Crippen MR) is 127 cm³/mol. The lowest BCUT2D eigenvalue weighted by atomic mass is 9.91. The topological polar surface area (TPSA) is 83.1 Å². The quantitative estimate of drug-likeness (QED) is 0.578. The zero-order valence-corrected chi connectivity index (χ0v) is 18.9. The second-order valence-electron chi connectivity index (χ2n) is 9.35. The highest BCUT2D eigenvalue weighted by molar-refractivity contribution is 6.06. The molecule has 1 atom stereocenters. The van der Waals surface area contributed by atoms with Crippen molar-refractivity contribution < 1.29 is 9.53 Å². The molecule has 7 nitrogen and oxygen atoms in total. The van der Waals surface area contributed by atoms with Gasteiger partial charge in [-0.2, -0.15) is 0 Å². The van der Waals surface area contributed by atoms with Gasteiger partial charge in [-0.05, 0) is 25.0 Å². The van der Waals surface area contributed by atoms with Gasteiger partial charge in [0.05, 0.1) is 19.4 Å². The van der Waals surface area contributed by atoms with Crippen LogP contribution in [0.4, 0.5) is 11.5 Å². The third-order valence-electron chi connectivity index (χ3n) is 6.93. The second kappa shape index (κ2) is 8.54. The molecule has 3 aliphatic rings. The highest BCUT2D eigenvalue weighted by atomic mass is 16.5. The number of nitrogens with one attached hydrogen (secondary N) is 2. The Morgan fingerprint density at radius 2 is 2.03 bits per heavy atom. The number of morpholine rings is 1. The first-order valence-electron chi connectivity index (χ1n) is 11.7. The van der Waals surface area contributed by atoms with Crippen molar-refractivity contribution in [2.24, 2.45) is 5.92 Å². The van der Waals surface area contributed by atoms with Crippen LogP contribution in [0, 0.1) is 5.92 Å². The van der Waals surface area contributed by atoms with Crippen LogP contribution in [0.3, 0.4) is 0 Å². The number of amides is 1. The van der Waals surface area contributed by atoms with Crippen molar-refractivity contribution in [3.8, 4) is 11.4 Å². The van der Waals surface area contributed by atoms with Gasteiger partial charge in [-0.3, -0.25) is 4.79 Å². The van der Waals surface area contributed by atoms with Crippen molar-refractivity contribution >= 4 is 28.3 Å². The lowest BCUT2D eigenvalue weighted by Gasteiger charge is -2.47. The average Bonchev–Trinajstić information content (AvgIpc) is 3.29. The van der Waals surface area contributed by atoms with E-state index in [-0.39, 0.29) is 5.91 Å². The minimum Gasteiger partial charge on any atom is -0.377 e. The summed E-state index contributed by atoms with van der Waals surface area (Å²) in [6.07, 6.45) is 11.0. The standard InChI is InChI=1S/C18H17N5O2.C7H14/c1-18-10-25-8-7-23(18)16-14(21-17(18)24)9-20-15(22-16)12-3-2-4-13-11(12)5-6-19-13;1-7-5-3-2-4-6-7/h2-6,9,19H,7-8,10H2,1H3,(H,21,24);7H,2-6H2,1H3/t18-;/m0./s1. The van der Waals surface area contributed by atoms with E-state index in [9.17, 15) is 4.79 Å². The number of nitrogens with zero attached hydrogens (tertiary/aromatic N) is 3. The van der Waals surface area contributed by atoms with Crippen molar-refractivity contribution in [3.05, 3.63) is 36.7 Å². The number of aromatic amines is 1. The fourth-order valence-electron chi connectivity index (χ4n) is 4.92. The van der Waals surface area contributed by atoms with Gasteiger partial charge in [-0.1, -0.05) is 51.2 Å². The third kappa shape index (κ3) is 3.75. The summed E-state index contributed by atoms with van der Waals surface area (Å²) in [7, 11) is 0. The minimum absolute atomic E-state index is 0.0798. The van der Waals surface area contributed by atoms with Gasteiger partial charge in [0.25, 0.3) is 5.91 Å². The van der Waals surface area contributed by atoms with Crippen LogP contribution in [-0.2, 0) is 9.53 Å². The fourth-order valence-corrected chi connectivity index (χ4v) is 4.92. The van der Waals surface area contributed by atoms with Crippen LogP contribution in [0.25, 0.3) is 22.3 Å². The molecule has 6 rings (SSSR count). The monoisotopic (exact) mass is 433 g/mol. The lowest BCUT2D eigenvalue weighted by Crippen LogP contribution is -2.64. The first-order valence-corrected chi connectivity index (χ1v) is 11.7. The number of hydrogen-bond acceptors (Lipinski definition) is 5. The molecule has 168 valence electrons. The summed E-state index contributed by atoms with van der Waals surface area (Å²) in [4.78, 5) is 27.1.